The number of thiophene rings is 1. The maximum Gasteiger partial charge on any atom is 0.341 e. The van der Waals surface area contributed by atoms with Crippen molar-refractivity contribution in [1.29, 1.82) is 0 Å². The quantitative estimate of drug-likeness (QED) is 0.528. The van der Waals surface area contributed by atoms with Crippen LogP contribution in [-0.4, -0.2) is 29.1 Å². The zero-order valence-electron chi connectivity index (χ0n) is 17.0. The van der Waals surface area contributed by atoms with Gasteiger partial charge in [0.05, 0.1) is 12.2 Å². The van der Waals surface area contributed by atoms with Gasteiger partial charge >= 0.3 is 5.97 Å². The Morgan fingerprint density at radius 2 is 1.90 bits per heavy atom. The van der Waals surface area contributed by atoms with Gasteiger partial charge in [0, 0.05) is 18.0 Å². The molecular formula is C23H28N2O2S2. The summed E-state index contributed by atoms with van der Waals surface area (Å²) in [5, 5.41) is 4.98. The van der Waals surface area contributed by atoms with Gasteiger partial charge in [-0.2, -0.15) is 0 Å². The van der Waals surface area contributed by atoms with E-state index in [1.54, 1.807) is 11.3 Å². The number of hydrogen-bond acceptors (Lipinski definition) is 4. The number of nitrogens with zero attached hydrogens (tertiary/aromatic N) is 1. The lowest BCUT2D eigenvalue weighted by molar-refractivity contribution is 0.0526. The number of ether oxygens (including phenoxy) is 1. The van der Waals surface area contributed by atoms with Crippen LogP contribution in [0.1, 0.15) is 64.5 Å². The summed E-state index contributed by atoms with van der Waals surface area (Å²) in [7, 11) is 0. The minimum absolute atomic E-state index is 0.222. The maximum atomic E-state index is 12.8. The molecule has 0 unspecified atom stereocenters. The molecule has 1 aromatic heterocycles. The van der Waals surface area contributed by atoms with E-state index in [1.165, 1.54) is 40.8 Å². The smallest absolute Gasteiger partial charge is 0.341 e. The van der Waals surface area contributed by atoms with E-state index in [0.717, 1.165) is 43.8 Å². The molecule has 0 amide bonds. The van der Waals surface area contributed by atoms with Crippen molar-refractivity contribution in [2.24, 2.45) is 0 Å². The minimum atomic E-state index is -0.222. The van der Waals surface area contributed by atoms with E-state index in [4.69, 9.17) is 17.0 Å². The number of carbonyl (C=O) groups excluding carboxylic acids is 1. The monoisotopic (exact) mass is 428 g/mol. The normalized spacial score (nSPS) is 16.2. The molecular weight excluding hydrogens is 400 g/mol. The molecule has 0 fully saturated rings. The summed E-state index contributed by atoms with van der Waals surface area (Å²) >= 11 is 7.45. The predicted octanol–water partition coefficient (Wildman–Crippen LogP) is 5.34. The second-order valence-electron chi connectivity index (χ2n) is 7.71. The number of carbonyl (C=O) groups is 1. The van der Waals surface area contributed by atoms with E-state index < -0.39 is 0 Å². The zero-order chi connectivity index (χ0) is 20.2. The standard InChI is InChI=1S/C23H28N2O2S2/c1-2-27-22(26)20-18-11-5-3-4-6-12-19(18)29-21(20)24-23(28)25-14-13-16-9-7-8-10-17(16)15-25/h7-10H,2-6,11-15H2,1H3,(H,24,28). The number of anilines is 1. The zero-order valence-corrected chi connectivity index (χ0v) is 18.6. The van der Waals surface area contributed by atoms with Crippen molar-refractivity contribution in [3.05, 3.63) is 51.4 Å². The Morgan fingerprint density at radius 3 is 2.69 bits per heavy atom. The fraction of sp³-hybridized carbons (Fsp3) is 0.478. The molecule has 1 N–H and O–H groups in total. The van der Waals surface area contributed by atoms with Crippen molar-refractivity contribution in [2.45, 2.75) is 58.4 Å². The molecule has 29 heavy (non-hydrogen) atoms. The maximum absolute atomic E-state index is 12.8. The molecule has 0 saturated carbocycles. The highest BCUT2D eigenvalue weighted by Crippen LogP contribution is 2.38. The molecule has 6 heteroatoms. The van der Waals surface area contributed by atoms with Gasteiger partial charge in [-0.05, 0) is 67.9 Å². The first-order valence-corrected chi connectivity index (χ1v) is 11.8. The van der Waals surface area contributed by atoms with Gasteiger partial charge < -0.3 is 15.0 Å². The summed E-state index contributed by atoms with van der Waals surface area (Å²) < 4.78 is 5.41. The number of rotatable bonds is 3. The summed E-state index contributed by atoms with van der Waals surface area (Å²) in [6.07, 6.45) is 7.78. The highest BCUT2D eigenvalue weighted by molar-refractivity contribution is 7.80. The van der Waals surface area contributed by atoms with Crippen molar-refractivity contribution in [3.8, 4) is 0 Å². The number of hydrogen-bond donors (Lipinski definition) is 1. The first kappa shape index (κ1) is 20.4. The van der Waals surface area contributed by atoms with Crippen LogP contribution in [0.25, 0.3) is 0 Å². The molecule has 0 radical (unpaired) electrons. The van der Waals surface area contributed by atoms with E-state index >= 15 is 0 Å². The van der Waals surface area contributed by atoms with Crippen LogP contribution < -0.4 is 5.32 Å². The molecule has 4 rings (SSSR count). The minimum Gasteiger partial charge on any atom is -0.462 e. The first-order valence-electron chi connectivity index (χ1n) is 10.6. The van der Waals surface area contributed by atoms with E-state index in [-0.39, 0.29) is 5.97 Å². The van der Waals surface area contributed by atoms with Gasteiger partial charge in [0.25, 0.3) is 0 Å². The highest BCUT2D eigenvalue weighted by Gasteiger charge is 2.27. The Labute approximate surface area is 182 Å². The average Bonchev–Trinajstić information content (AvgIpc) is 3.03. The van der Waals surface area contributed by atoms with Crippen molar-refractivity contribution in [2.75, 3.05) is 18.5 Å². The number of benzene rings is 1. The highest BCUT2D eigenvalue weighted by atomic mass is 32.1. The van der Waals surface area contributed by atoms with Gasteiger partial charge in [0.1, 0.15) is 5.00 Å². The largest absolute Gasteiger partial charge is 0.462 e. The van der Waals surface area contributed by atoms with Crippen molar-refractivity contribution < 1.29 is 9.53 Å². The molecule has 2 aliphatic rings. The van der Waals surface area contributed by atoms with Crippen molar-refractivity contribution >= 4 is 39.6 Å². The number of nitrogens with one attached hydrogen (secondary N) is 1. The molecule has 0 spiro atoms. The Kier molecular flexibility index (Phi) is 6.50. The average molecular weight is 429 g/mol. The van der Waals surface area contributed by atoms with Crippen molar-refractivity contribution in [3.63, 3.8) is 0 Å². The summed E-state index contributed by atoms with van der Waals surface area (Å²) in [5.74, 6) is -0.222. The molecule has 1 aromatic carbocycles. The molecule has 0 saturated heterocycles. The fourth-order valence-electron chi connectivity index (χ4n) is 4.27. The molecule has 1 aliphatic heterocycles. The molecule has 1 aliphatic carbocycles. The molecule has 0 bridgehead atoms. The number of aryl methyl sites for hydroxylation is 1. The summed E-state index contributed by atoms with van der Waals surface area (Å²) in [6, 6.07) is 8.54. The Bertz CT molecular complexity index is 906. The number of esters is 1. The lowest BCUT2D eigenvalue weighted by Gasteiger charge is -2.31. The van der Waals surface area contributed by atoms with Crippen LogP contribution in [0.3, 0.4) is 0 Å². The third-order valence-corrected chi connectivity index (χ3v) is 7.36. The molecule has 154 valence electrons. The predicted molar refractivity (Wildman–Crippen MR) is 123 cm³/mol. The van der Waals surface area contributed by atoms with Gasteiger partial charge in [-0.25, -0.2) is 4.79 Å². The second-order valence-corrected chi connectivity index (χ2v) is 9.20. The first-order chi connectivity index (χ1) is 14.2. The third kappa shape index (κ3) is 4.48. The molecule has 4 nitrogen and oxygen atoms in total. The van der Waals surface area contributed by atoms with E-state index in [9.17, 15) is 4.79 Å². The van der Waals surface area contributed by atoms with Crippen LogP contribution in [0.2, 0.25) is 0 Å². The van der Waals surface area contributed by atoms with E-state index in [0.29, 0.717) is 17.3 Å². The summed E-state index contributed by atoms with van der Waals surface area (Å²) in [4.78, 5) is 16.3. The SMILES string of the molecule is CCOC(=O)c1c(NC(=S)N2CCc3ccccc3C2)sc2c1CCCCCC2. The van der Waals surface area contributed by atoms with Crippen LogP contribution in [0.4, 0.5) is 5.00 Å². The second kappa shape index (κ2) is 9.26. The van der Waals surface area contributed by atoms with Gasteiger partial charge in [-0.15, -0.1) is 11.3 Å². The summed E-state index contributed by atoms with van der Waals surface area (Å²) in [5.41, 5.74) is 4.63. The third-order valence-electron chi connectivity index (χ3n) is 5.79. The van der Waals surface area contributed by atoms with Crippen LogP contribution in [-0.2, 0) is 30.5 Å². The lowest BCUT2D eigenvalue weighted by Crippen LogP contribution is -2.38. The van der Waals surface area contributed by atoms with Gasteiger partial charge in [-0.1, -0.05) is 37.1 Å². The van der Waals surface area contributed by atoms with Crippen LogP contribution in [0, 0.1) is 0 Å². The van der Waals surface area contributed by atoms with Gasteiger partial charge in [0.2, 0.25) is 0 Å². The number of thiocarbonyl (C=S) groups is 1. The topological polar surface area (TPSA) is 41.6 Å². The molecule has 2 aromatic rings. The lowest BCUT2D eigenvalue weighted by atomic mass is 9.96. The van der Waals surface area contributed by atoms with E-state index in [1.807, 2.05) is 6.92 Å². The Hall–Kier alpha value is -1.92. The van der Waals surface area contributed by atoms with Crippen LogP contribution in [0.5, 0.6) is 0 Å². The van der Waals surface area contributed by atoms with Crippen LogP contribution >= 0.6 is 23.6 Å². The Balaban J connectivity index is 1.58. The summed E-state index contributed by atoms with van der Waals surface area (Å²) in [6.45, 7) is 3.94. The molecule has 2 heterocycles. The fourth-order valence-corrected chi connectivity index (χ4v) is 5.87. The van der Waals surface area contributed by atoms with Crippen LogP contribution in [0.15, 0.2) is 24.3 Å². The van der Waals surface area contributed by atoms with Gasteiger partial charge in [-0.3, -0.25) is 0 Å². The Morgan fingerprint density at radius 1 is 1.14 bits per heavy atom. The number of fused-ring (bicyclic) bond motifs is 2. The van der Waals surface area contributed by atoms with Crippen molar-refractivity contribution in [1.82, 2.24) is 4.90 Å². The van der Waals surface area contributed by atoms with E-state index in [2.05, 4.69) is 34.5 Å². The molecule has 0 atom stereocenters. The van der Waals surface area contributed by atoms with Gasteiger partial charge in [0.15, 0.2) is 5.11 Å².